The van der Waals surface area contributed by atoms with Crippen LogP contribution in [0.2, 0.25) is 0 Å². The Morgan fingerprint density at radius 2 is 1.18 bits per heavy atom. The third kappa shape index (κ3) is 6.19. The van der Waals surface area contributed by atoms with Crippen LogP contribution in [0.3, 0.4) is 0 Å². The van der Waals surface area contributed by atoms with Gasteiger partial charge in [0.1, 0.15) is 0 Å². The van der Waals surface area contributed by atoms with Gasteiger partial charge in [0.2, 0.25) is 0 Å². The molecule has 0 heterocycles. The van der Waals surface area contributed by atoms with E-state index in [0.717, 1.165) is 26.2 Å². The minimum Gasteiger partial charge on any atom is -0.360 e. The Hall–Kier alpha value is 0.372. The molecule has 0 saturated carbocycles. The van der Waals surface area contributed by atoms with Gasteiger partial charge in [-0.15, -0.1) is 0 Å². The molecule has 0 N–H and O–H groups in total. The molecule has 102 valence electrons. The predicted molar refractivity (Wildman–Crippen MR) is 78.2 cm³/mol. The van der Waals surface area contributed by atoms with Gasteiger partial charge in [0.15, 0.2) is 0 Å². The van der Waals surface area contributed by atoms with Gasteiger partial charge in [-0.1, -0.05) is 20.8 Å². The van der Waals surface area contributed by atoms with Gasteiger partial charge in [0.25, 0.3) is 0 Å². The molecule has 0 atom stereocenters. The molecule has 5 heteroatoms. The molecular weight excluding hydrogens is 227 g/mol. The van der Waals surface area contributed by atoms with E-state index >= 15 is 0 Å². The predicted octanol–water partition coefficient (Wildman–Crippen LogP) is 0.758. The third-order valence-corrected chi connectivity index (χ3v) is 6.94. The number of nitrogens with zero attached hydrogens (tertiary/aromatic N) is 4. The number of rotatable bonds is 9. The molecule has 0 aliphatic carbocycles. The largest absolute Gasteiger partial charge is 0.608 e. The fourth-order valence-corrected chi connectivity index (χ4v) is 5.10. The molecule has 0 aromatic rings. The van der Waals surface area contributed by atoms with Crippen molar-refractivity contribution in [3.8, 4) is 0 Å². The Morgan fingerprint density at radius 1 is 0.706 bits per heavy atom. The summed E-state index contributed by atoms with van der Waals surface area (Å²) in [7, 11) is 8.83. The minimum atomic E-state index is -1.12. The lowest BCUT2D eigenvalue weighted by Gasteiger charge is -2.37. The number of hydrogen-bond acceptors (Lipinski definition) is 4. The van der Waals surface area contributed by atoms with Crippen molar-refractivity contribution in [1.29, 1.82) is 0 Å². The maximum Gasteiger partial charge on any atom is 0.608 e. The second-order valence-electron chi connectivity index (χ2n) is 4.92. The summed E-state index contributed by atoms with van der Waals surface area (Å²) in [6, 6.07) is 0. The number of likely N-dealkylation sites (N-methyl/N-ethyl adjacent to an activating group) is 2. The zero-order valence-electron chi connectivity index (χ0n) is 12.9. The summed E-state index contributed by atoms with van der Waals surface area (Å²) >= 11 is -1.12. The third-order valence-electron chi connectivity index (χ3n) is 3.35. The molecule has 0 radical (unpaired) electrons. The van der Waals surface area contributed by atoms with Crippen molar-refractivity contribution >= 4 is 14.8 Å². The van der Waals surface area contributed by atoms with Gasteiger partial charge < -0.3 is 16.6 Å². The zero-order valence-corrected chi connectivity index (χ0v) is 14.1. The van der Waals surface area contributed by atoms with Gasteiger partial charge in [-0.3, -0.25) is 0 Å². The standard InChI is InChI=1S/C6H15N2.2C3H8N.Al/c1-4-7-5-6-8(2)3;2*1-3-4-2;/h4-6H2,1-3H3;2*3H2,1-2H3;/q3*-1;+3. The van der Waals surface area contributed by atoms with E-state index in [9.17, 15) is 0 Å². The molecule has 0 aliphatic heterocycles. The zero-order chi connectivity index (χ0) is 13.4. The van der Waals surface area contributed by atoms with Gasteiger partial charge >= 0.3 is 14.8 Å². The van der Waals surface area contributed by atoms with Gasteiger partial charge in [-0.05, 0) is 54.4 Å². The quantitative estimate of drug-likeness (QED) is 0.566. The van der Waals surface area contributed by atoms with Crippen molar-refractivity contribution in [3.05, 3.63) is 0 Å². The second-order valence-corrected chi connectivity index (χ2v) is 8.11. The van der Waals surface area contributed by atoms with E-state index < -0.39 is 14.8 Å². The highest BCUT2D eigenvalue weighted by Gasteiger charge is 2.35. The van der Waals surface area contributed by atoms with Crippen LogP contribution in [0.1, 0.15) is 20.8 Å². The van der Waals surface area contributed by atoms with Crippen LogP contribution in [-0.4, -0.2) is 92.3 Å². The van der Waals surface area contributed by atoms with E-state index in [1.807, 2.05) is 0 Å². The van der Waals surface area contributed by atoms with Crippen LogP contribution in [0.4, 0.5) is 0 Å². The molecule has 0 saturated heterocycles. The van der Waals surface area contributed by atoms with Gasteiger partial charge in [0.05, 0.1) is 0 Å². The van der Waals surface area contributed by atoms with Crippen LogP contribution in [0.15, 0.2) is 0 Å². The smallest absolute Gasteiger partial charge is 0.360 e. The average Bonchev–Trinajstić information content (AvgIpc) is 2.32. The highest BCUT2D eigenvalue weighted by atomic mass is 27.2. The molecule has 0 unspecified atom stereocenters. The van der Waals surface area contributed by atoms with Crippen LogP contribution >= 0.6 is 0 Å². The summed E-state index contributed by atoms with van der Waals surface area (Å²) < 4.78 is 7.76. The Bertz CT molecular complexity index is 179. The van der Waals surface area contributed by atoms with Crippen LogP contribution in [0.5, 0.6) is 0 Å². The molecule has 0 aromatic carbocycles. The van der Waals surface area contributed by atoms with Gasteiger partial charge in [-0.25, -0.2) is 0 Å². The van der Waals surface area contributed by atoms with Crippen molar-refractivity contribution < 1.29 is 0 Å². The van der Waals surface area contributed by atoms with Crippen LogP contribution in [-0.2, 0) is 0 Å². The van der Waals surface area contributed by atoms with Gasteiger partial charge in [-0.2, -0.15) is 0 Å². The highest BCUT2D eigenvalue weighted by Crippen LogP contribution is 2.04. The van der Waals surface area contributed by atoms with E-state index in [2.05, 4.69) is 65.5 Å². The monoisotopic (exact) mass is 258 g/mol. The molecular formula is C12H31AlN4. The summed E-state index contributed by atoms with van der Waals surface area (Å²) in [6.07, 6.45) is 0. The molecule has 17 heavy (non-hydrogen) atoms. The van der Waals surface area contributed by atoms with Crippen molar-refractivity contribution in [2.24, 2.45) is 0 Å². The Morgan fingerprint density at radius 3 is 1.47 bits per heavy atom. The van der Waals surface area contributed by atoms with E-state index in [4.69, 9.17) is 0 Å². The molecule has 0 amide bonds. The molecule has 4 nitrogen and oxygen atoms in total. The molecule has 0 bridgehead atoms. The second kappa shape index (κ2) is 9.32. The maximum atomic E-state index is 2.67. The normalized spacial score (nSPS) is 12.2. The van der Waals surface area contributed by atoms with Crippen molar-refractivity contribution in [2.75, 3.05) is 60.9 Å². The minimum absolute atomic E-state index is 1.12. The van der Waals surface area contributed by atoms with Crippen molar-refractivity contribution in [1.82, 2.24) is 16.6 Å². The average molecular weight is 258 g/mol. The Kier molecular flexibility index (Phi) is 9.53. The fraction of sp³-hybridized carbons (Fsp3) is 1.00. The first-order valence-electron chi connectivity index (χ1n) is 6.77. The van der Waals surface area contributed by atoms with Crippen LogP contribution in [0.25, 0.3) is 0 Å². The fourth-order valence-electron chi connectivity index (χ4n) is 1.99. The van der Waals surface area contributed by atoms with E-state index in [1.54, 1.807) is 0 Å². The lowest BCUT2D eigenvalue weighted by molar-refractivity contribution is 0.288. The molecule has 0 spiro atoms. The lowest BCUT2D eigenvalue weighted by Crippen LogP contribution is -2.61. The summed E-state index contributed by atoms with van der Waals surface area (Å²) in [6.45, 7) is 12.5. The molecule has 0 aromatic heterocycles. The summed E-state index contributed by atoms with van der Waals surface area (Å²) in [5.41, 5.74) is 0. The molecule has 0 fully saturated rings. The van der Waals surface area contributed by atoms with E-state index in [1.165, 1.54) is 6.54 Å². The first kappa shape index (κ1) is 17.4. The SMILES string of the molecule is CC[N](C)[Al]([N](C)CC)[N](CC)CCN(C)C. The number of hydrogen-bond donors (Lipinski definition) is 0. The molecule has 0 rings (SSSR count). The first-order valence-corrected chi connectivity index (χ1v) is 8.32. The maximum absolute atomic E-state index is 2.67. The van der Waals surface area contributed by atoms with Gasteiger partial charge in [0, 0.05) is 6.54 Å². The Balaban J connectivity index is 4.60. The van der Waals surface area contributed by atoms with Crippen molar-refractivity contribution in [3.63, 3.8) is 0 Å². The summed E-state index contributed by atoms with van der Waals surface area (Å²) in [5.74, 6) is 0. The van der Waals surface area contributed by atoms with Crippen molar-refractivity contribution in [2.45, 2.75) is 20.8 Å². The van der Waals surface area contributed by atoms with Crippen LogP contribution in [0, 0.1) is 0 Å². The summed E-state index contributed by atoms with van der Waals surface area (Å²) in [5, 5.41) is 0. The molecule has 0 aliphatic rings. The topological polar surface area (TPSA) is 13.0 Å². The summed E-state index contributed by atoms with van der Waals surface area (Å²) in [4.78, 5) is 2.27. The van der Waals surface area contributed by atoms with E-state index in [0.29, 0.717) is 0 Å². The van der Waals surface area contributed by atoms with Crippen LogP contribution < -0.4 is 0 Å². The Labute approximate surface area is 113 Å². The van der Waals surface area contributed by atoms with E-state index in [-0.39, 0.29) is 0 Å². The lowest BCUT2D eigenvalue weighted by atomic mass is 10.5. The first-order chi connectivity index (χ1) is 7.97. The highest BCUT2D eigenvalue weighted by molar-refractivity contribution is 6.49.